The first-order chi connectivity index (χ1) is 15.0. The quantitative estimate of drug-likeness (QED) is 0.575. The third kappa shape index (κ3) is 6.37. The van der Waals surface area contributed by atoms with Gasteiger partial charge in [-0.1, -0.05) is 35.9 Å². The van der Waals surface area contributed by atoms with Crippen LogP contribution in [0.15, 0.2) is 42.5 Å². The second-order valence-electron chi connectivity index (χ2n) is 7.94. The van der Waals surface area contributed by atoms with Gasteiger partial charge >= 0.3 is 0 Å². The SMILES string of the molecule is CCOc1ccc([C@H](C)NC(=O)C2CCN(Cc3ccccc3Cl)CC2)cc1OCC. The molecule has 0 radical (unpaired) electrons. The molecule has 0 spiro atoms. The Hall–Kier alpha value is -2.24. The predicted molar refractivity (Wildman–Crippen MR) is 125 cm³/mol. The van der Waals surface area contributed by atoms with Gasteiger partial charge in [0, 0.05) is 17.5 Å². The van der Waals surface area contributed by atoms with Gasteiger partial charge in [-0.25, -0.2) is 0 Å². The number of hydrogen-bond donors (Lipinski definition) is 1. The van der Waals surface area contributed by atoms with E-state index in [9.17, 15) is 4.79 Å². The molecule has 1 heterocycles. The van der Waals surface area contributed by atoms with Gasteiger partial charge in [-0.3, -0.25) is 9.69 Å². The molecule has 1 aliphatic rings. The van der Waals surface area contributed by atoms with Crippen LogP contribution in [-0.2, 0) is 11.3 Å². The van der Waals surface area contributed by atoms with Gasteiger partial charge in [-0.2, -0.15) is 0 Å². The van der Waals surface area contributed by atoms with Gasteiger partial charge in [0.05, 0.1) is 19.3 Å². The first kappa shape index (κ1) is 23.4. The lowest BCUT2D eigenvalue weighted by Crippen LogP contribution is -2.40. The molecule has 0 aromatic heterocycles. The Morgan fingerprint density at radius 3 is 2.45 bits per heavy atom. The van der Waals surface area contributed by atoms with Crippen LogP contribution in [0, 0.1) is 5.92 Å². The van der Waals surface area contributed by atoms with Crippen LogP contribution < -0.4 is 14.8 Å². The molecular formula is C25H33ClN2O3. The molecule has 0 bridgehead atoms. The Bertz CT molecular complexity index is 866. The van der Waals surface area contributed by atoms with Crippen LogP contribution in [-0.4, -0.2) is 37.1 Å². The summed E-state index contributed by atoms with van der Waals surface area (Å²) in [6, 6.07) is 13.7. The van der Waals surface area contributed by atoms with Gasteiger partial charge in [0.2, 0.25) is 5.91 Å². The summed E-state index contributed by atoms with van der Waals surface area (Å²) >= 11 is 6.29. The van der Waals surface area contributed by atoms with Crippen molar-refractivity contribution in [1.29, 1.82) is 0 Å². The predicted octanol–water partition coefficient (Wildman–Crippen LogP) is 5.23. The number of hydrogen-bond acceptors (Lipinski definition) is 4. The number of halogens is 1. The molecule has 1 N–H and O–H groups in total. The maximum absolute atomic E-state index is 12.9. The molecule has 5 nitrogen and oxygen atoms in total. The zero-order valence-corrected chi connectivity index (χ0v) is 19.5. The first-order valence-electron chi connectivity index (χ1n) is 11.2. The van der Waals surface area contributed by atoms with Gasteiger partial charge in [-0.05, 0) is 76.0 Å². The Morgan fingerprint density at radius 1 is 1.10 bits per heavy atom. The number of ether oxygens (including phenoxy) is 2. The van der Waals surface area contributed by atoms with Crippen LogP contribution in [0.3, 0.4) is 0 Å². The van der Waals surface area contributed by atoms with Crippen molar-refractivity contribution < 1.29 is 14.3 Å². The van der Waals surface area contributed by atoms with Gasteiger partial charge in [0.15, 0.2) is 11.5 Å². The second-order valence-corrected chi connectivity index (χ2v) is 8.35. The molecular weight excluding hydrogens is 412 g/mol. The molecule has 1 atom stereocenters. The van der Waals surface area contributed by atoms with Crippen molar-refractivity contribution in [3.8, 4) is 11.5 Å². The number of amides is 1. The van der Waals surface area contributed by atoms with Crippen molar-refractivity contribution in [3.05, 3.63) is 58.6 Å². The maximum Gasteiger partial charge on any atom is 0.223 e. The Labute approximate surface area is 190 Å². The van der Waals surface area contributed by atoms with Crippen LogP contribution in [0.1, 0.15) is 50.8 Å². The van der Waals surface area contributed by atoms with E-state index in [-0.39, 0.29) is 17.9 Å². The highest BCUT2D eigenvalue weighted by atomic mass is 35.5. The van der Waals surface area contributed by atoms with Gasteiger partial charge in [0.25, 0.3) is 0 Å². The van der Waals surface area contributed by atoms with E-state index < -0.39 is 0 Å². The van der Waals surface area contributed by atoms with Gasteiger partial charge in [-0.15, -0.1) is 0 Å². The molecule has 6 heteroatoms. The minimum absolute atomic E-state index is 0.0407. The summed E-state index contributed by atoms with van der Waals surface area (Å²) in [5, 5.41) is 3.99. The van der Waals surface area contributed by atoms with Crippen molar-refractivity contribution in [2.45, 2.75) is 46.2 Å². The molecule has 1 aliphatic heterocycles. The Morgan fingerprint density at radius 2 is 1.77 bits per heavy atom. The lowest BCUT2D eigenvalue weighted by molar-refractivity contribution is -0.127. The number of carbonyl (C=O) groups is 1. The number of piperidine rings is 1. The Balaban J connectivity index is 1.53. The maximum atomic E-state index is 12.9. The van der Waals surface area contributed by atoms with Crippen molar-refractivity contribution in [3.63, 3.8) is 0 Å². The van der Waals surface area contributed by atoms with Crippen molar-refractivity contribution >= 4 is 17.5 Å². The molecule has 2 aromatic rings. The zero-order valence-electron chi connectivity index (χ0n) is 18.7. The van der Waals surface area contributed by atoms with Crippen LogP contribution >= 0.6 is 11.6 Å². The first-order valence-corrected chi connectivity index (χ1v) is 11.5. The van der Waals surface area contributed by atoms with E-state index in [2.05, 4.69) is 16.3 Å². The number of nitrogens with zero attached hydrogens (tertiary/aromatic N) is 1. The summed E-state index contributed by atoms with van der Waals surface area (Å²) in [4.78, 5) is 15.2. The fraction of sp³-hybridized carbons (Fsp3) is 0.480. The topological polar surface area (TPSA) is 50.8 Å². The summed E-state index contributed by atoms with van der Waals surface area (Å²) < 4.78 is 11.4. The third-order valence-corrected chi connectivity index (χ3v) is 6.11. The molecule has 0 unspecified atom stereocenters. The number of carbonyl (C=O) groups excluding carboxylic acids is 1. The molecule has 0 aliphatic carbocycles. The second kappa shape index (κ2) is 11.4. The highest BCUT2D eigenvalue weighted by molar-refractivity contribution is 6.31. The molecule has 1 fully saturated rings. The highest BCUT2D eigenvalue weighted by Gasteiger charge is 2.26. The zero-order chi connectivity index (χ0) is 22.2. The minimum Gasteiger partial charge on any atom is -0.490 e. The summed E-state index contributed by atoms with van der Waals surface area (Å²) in [5.74, 6) is 1.61. The van der Waals surface area contributed by atoms with E-state index >= 15 is 0 Å². The molecule has 1 amide bonds. The number of likely N-dealkylation sites (tertiary alicyclic amines) is 1. The van der Waals surface area contributed by atoms with Crippen LogP contribution in [0.2, 0.25) is 5.02 Å². The van der Waals surface area contributed by atoms with E-state index in [0.29, 0.717) is 13.2 Å². The van der Waals surface area contributed by atoms with E-state index in [0.717, 1.165) is 60.1 Å². The van der Waals surface area contributed by atoms with Crippen LogP contribution in [0.4, 0.5) is 0 Å². The van der Waals surface area contributed by atoms with Crippen LogP contribution in [0.25, 0.3) is 0 Å². The van der Waals surface area contributed by atoms with E-state index in [1.807, 2.05) is 57.2 Å². The average molecular weight is 445 g/mol. The highest BCUT2D eigenvalue weighted by Crippen LogP contribution is 2.31. The van der Waals surface area contributed by atoms with Gasteiger partial charge in [0.1, 0.15) is 0 Å². The molecule has 2 aromatic carbocycles. The van der Waals surface area contributed by atoms with E-state index in [1.165, 1.54) is 0 Å². The molecule has 0 saturated carbocycles. The lowest BCUT2D eigenvalue weighted by Gasteiger charge is -2.32. The van der Waals surface area contributed by atoms with Crippen molar-refractivity contribution in [2.75, 3.05) is 26.3 Å². The van der Waals surface area contributed by atoms with Crippen molar-refractivity contribution in [1.82, 2.24) is 10.2 Å². The average Bonchev–Trinajstić information content (AvgIpc) is 2.77. The standard InChI is InChI=1S/C25H33ClN2O3/c1-4-30-23-11-10-20(16-24(23)31-5-2)18(3)27-25(29)19-12-14-28(15-13-19)17-21-8-6-7-9-22(21)26/h6-11,16,18-19H,4-5,12-15,17H2,1-3H3,(H,27,29)/t18-/m0/s1. The molecule has 3 rings (SSSR count). The largest absolute Gasteiger partial charge is 0.490 e. The molecule has 31 heavy (non-hydrogen) atoms. The smallest absolute Gasteiger partial charge is 0.223 e. The monoisotopic (exact) mass is 444 g/mol. The van der Waals surface area contributed by atoms with Gasteiger partial charge < -0.3 is 14.8 Å². The van der Waals surface area contributed by atoms with Crippen LogP contribution in [0.5, 0.6) is 11.5 Å². The summed E-state index contributed by atoms with van der Waals surface area (Å²) in [7, 11) is 0. The number of benzene rings is 2. The number of nitrogens with one attached hydrogen (secondary N) is 1. The molecule has 1 saturated heterocycles. The minimum atomic E-state index is -0.0939. The molecule has 168 valence electrons. The van der Waals surface area contributed by atoms with Crippen molar-refractivity contribution in [2.24, 2.45) is 5.92 Å². The number of rotatable bonds is 9. The fourth-order valence-corrected chi connectivity index (χ4v) is 4.17. The lowest BCUT2D eigenvalue weighted by atomic mass is 9.94. The third-order valence-electron chi connectivity index (χ3n) is 5.74. The summed E-state index contributed by atoms with van der Waals surface area (Å²) in [5.41, 5.74) is 2.15. The fourth-order valence-electron chi connectivity index (χ4n) is 3.97. The summed E-state index contributed by atoms with van der Waals surface area (Å²) in [6.07, 6.45) is 1.72. The van der Waals surface area contributed by atoms with E-state index in [1.54, 1.807) is 0 Å². The van der Waals surface area contributed by atoms with E-state index in [4.69, 9.17) is 21.1 Å². The summed E-state index contributed by atoms with van der Waals surface area (Å²) in [6.45, 7) is 9.69. The Kier molecular flexibility index (Phi) is 8.61. The normalized spacial score (nSPS) is 16.0.